The zero-order valence-electron chi connectivity index (χ0n) is 32.2. The van der Waals surface area contributed by atoms with Gasteiger partial charge in [-0.1, -0.05) is 154 Å². The molecule has 0 saturated heterocycles. The molecule has 0 saturated carbocycles. The van der Waals surface area contributed by atoms with Crippen LogP contribution in [0.25, 0.3) is 27.5 Å². The molecule has 0 spiro atoms. The van der Waals surface area contributed by atoms with Crippen LogP contribution >= 0.6 is 0 Å². The molecular formula is C54H44N2. The molecule has 56 heavy (non-hydrogen) atoms. The number of aryl methyl sites for hydroxylation is 1. The molecule has 270 valence electrons. The quantitative estimate of drug-likeness (QED) is 0.146. The van der Waals surface area contributed by atoms with Crippen LogP contribution in [0.3, 0.4) is 0 Å². The van der Waals surface area contributed by atoms with E-state index in [-0.39, 0.29) is 5.41 Å². The van der Waals surface area contributed by atoms with Gasteiger partial charge in [0.25, 0.3) is 0 Å². The third kappa shape index (κ3) is 6.10. The van der Waals surface area contributed by atoms with Gasteiger partial charge in [-0.25, -0.2) is 0 Å². The number of allylic oxidation sites excluding steroid dienone is 2. The fourth-order valence-corrected chi connectivity index (χ4v) is 8.55. The molecule has 0 amide bonds. The standard InChI is InChI=1S/C54H44N2/c1-5-50-53(47-24-14-12-17-38(47)2)49-36-35-46(37-51(49)54(50,3)4)55(42-20-8-6-9-21-42)44-31-27-39(28-32-44)40-29-33-45(34-30-40)56(43-22-10-7-11-23-43)52-26-16-19-41-18-13-15-25-48(41)52/h5-37H,1H2,2-4H3. The van der Waals surface area contributed by atoms with E-state index < -0.39 is 0 Å². The highest BCUT2D eigenvalue weighted by atomic mass is 15.1. The summed E-state index contributed by atoms with van der Waals surface area (Å²) in [4.78, 5) is 4.72. The van der Waals surface area contributed by atoms with Crippen LogP contribution in [0.1, 0.15) is 36.1 Å². The van der Waals surface area contributed by atoms with Crippen molar-refractivity contribution in [2.24, 2.45) is 0 Å². The van der Waals surface area contributed by atoms with Crippen LogP contribution in [0.4, 0.5) is 34.1 Å². The van der Waals surface area contributed by atoms with E-state index >= 15 is 0 Å². The summed E-state index contributed by atoms with van der Waals surface area (Å²) >= 11 is 0. The number of hydrogen-bond donors (Lipinski definition) is 0. The minimum Gasteiger partial charge on any atom is -0.310 e. The van der Waals surface area contributed by atoms with Crippen molar-refractivity contribution in [3.63, 3.8) is 0 Å². The zero-order chi connectivity index (χ0) is 38.2. The fraction of sp³-hybridized carbons (Fsp3) is 0.0741. The predicted molar refractivity (Wildman–Crippen MR) is 239 cm³/mol. The van der Waals surface area contributed by atoms with Gasteiger partial charge in [-0.05, 0) is 124 Å². The molecule has 8 aromatic rings. The smallest absolute Gasteiger partial charge is 0.0540 e. The molecule has 0 heterocycles. The molecular weight excluding hydrogens is 677 g/mol. The normalized spacial score (nSPS) is 13.1. The second-order valence-corrected chi connectivity index (χ2v) is 15.1. The summed E-state index contributed by atoms with van der Waals surface area (Å²) in [6, 6.07) is 70.0. The zero-order valence-corrected chi connectivity index (χ0v) is 32.2. The summed E-state index contributed by atoms with van der Waals surface area (Å²) in [6.07, 6.45) is 2.06. The first-order chi connectivity index (χ1) is 27.4. The Balaban J connectivity index is 1.07. The molecule has 0 atom stereocenters. The molecule has 0 unspecified atom stereocenters. The van der Waals surface area contributed by atoms with E-state index in [0.29, 0.717) is 0 Å². The van der Waals surface area contributed by atoms with Gasteiger partial charge in [0.1, 0.15) is 0 Å². The molecule has 1 aliphatic carbocycles. The average molecular weight is 721 g/mol. The van der Waals surface area contributed by atoms with E-state index in [0.717, 1.165) is 34.1 Å². The maximum absolute atomic E-state index is 4.29. The maximum Gasteiger partial charge on any atom is 0.0540 e. The van der Waals surface area contributed by atoms with Crippen LogP contribution < -0.4 is 9.80 Å². The largest absolute Gasteiger partial charge is 0.310 e. The number of rotatable bonds is 9. The molecule has 0 bridgehead atoms. The monoisotopic (exact) mass is 720 g/mol. The summed E-state index contributed by atoms with van der Waals surface area (Å²) < 4.78 is 0. The number of nitrogens with zero attached hydrogens (tertiary/aromatic N) is 2. The molecule has 0 radical (unpaired) electrons. The topological polar surface area (TPSA) is 6.48 Å². The Morgan fingerprint density at radius 2 is 0.982 bits per heavy atom. The highest BCUT2D eigenvalue weighted by Crippen LogP contribution is 2.51. The van der Waals surface area contributed by atoms with Crippen molar-refractivity contribution in [3.8, 4) is 11.1 Å². The van der Waals surface area contributed by atoms with Crippen molar-refractivity contribution < 1.29 is 0 Å². The van der Waals surface area contributed by atoms with E-state index in [1.165, 1.54) is 55.3 Å². The predicted octanol–water partition coefficient (Wildman–Crippen LogP) is 15.0. The highest BCUT2D eigenvalue weighted by Gasteiger charge is 2.37. The van der Waals surface area contributed by atoms with Crippen molar-refractivity contribution in [1.82, 2.24) is 0 Å². The first-order valence-corrected chi connectivity index (χ1v) is 19.4. The Morgan fingerprint density at radius 3 is 1.62 bits per heavy atom. The molecule has 9 rings (SSSR count). The van der Waals surface area contributed by atoms with Gasteiger partial charge in [0.15, 0.2) is 0 Å². The van der Waals surface area contributed by atoms with Crippen LogP contribution in [-0.4, -0.2) is 0 Å². The first kappa shape index (κ1) is 34.8. The summed E-state index contributed by atoms with van der Waals surface area (Å²) in [5.41, 5.74) is 16.6. The lowest BCUT2D eigenvalue weighted by molar-refractivity contribution is 0.654. The van der Waals surface area contributed by atoms with Gasteiger partial charge in [-0.2, -0.15) is 0 Å². The molecule has 8 aromatic carbocycles. The minimum atomic E-state index is -0.202. The van der Waals surface area contributed by atoms with Crippen LogP contribution in [0.5, 0.6) is 0 Å². The first-order valence-electron chi connectivity index (χ1n) is 19.4. The Bertz CT molecular complexity index is 2720. The molecule has 0 N–H and O–H groups in total. The number of para-hydroxylation sites is 2. The maximum atomic E-state index is 4.29. The lowest BCUT2D eigenvalue weighted by atomic mass is 9.80. The molecule has 1 aliphatic rings. The second-order valence-electron chi connectivity index (χ2n) is 15.1. The number of fused-ring (bicyclic) bond motifs is 2. The third-order valence-electron chi connectivity index (χ3n) is 11.4. The lowest BCUT2D eigenvalue weighted by Crippen LogP contribution is -2.17. The van der Waals surface area contributed by atoms with E-state index in [1.54, 1.807) is 0 Å². The molecule has 0 aliphatic heterocycles. The lowest BCUT2D eigenvalue weighted by Gasteiger charge is -2.28. The SMILES string of the molecule is C=CC1=C(c2ccccc2C)c2ccc(N(c3ccccc3)c3ccc(-c4ccc(N(c5ccccc5)c5cccc6ccccc56)cc4)cc3)cc2C1(C)C. The summed E-state index contributed by atoms with van der Waals surface area (Å²) in [7, 11) is 0. The van der Waals surface area contributed by atoms with Crippen LogP contribution in [0.2, 0.25) is 0 Å². The minimum absolute atomic E-state index is 0.202. The van der Waals surface area contributed by atoms with Crippen molar-refractivity contribution in [2.45, 2.75) is 26.2 Å². The van der Waals surface area contributed by atoms with Crippen molar-refractivity contribution in [2.75, 3.05) is 9.80 Å². The summed E-state index contributed by atoms with van der Waals surface area (Å²) in [5, 5.41) is 2.44. The third-order valence-corrected chi connectivity index (χ3v) is 11.4. The Kier molecular flexibility index (Phi) is 8.96. The van der Waals surface area contributed by atoms with Crippen LogP contribution in [0, 0.1) is 6.92 Å². The van der Waals surface area contributed by atoms with E-state index in [1.807, 2.05) is 0 Å². The van der Waals surface area contributed by atoms with Gasteiger partial charge in [-0.3, -0.25) is 0 Å². The van der Waals surface area contributed by atoms with Crippen molar-refractivity contribution in [1.29, 1.82) is 0 Å². The number of benzene rings is 8. The van der Waals surface area contributed by atoms with Gasteiger partial charge in [0.05, 0.1) is 5.69 Å². The molecule has 0 aromatic heterocycles. The Morgan fingerprint density at radius 1 is 0.464 bits per heavy atom. The highest BCUT2D eigenvalue weighted by molar-refractivity contribution is 5.99. The summed E-state index contributed by atoms with van der Waals surface area (Å²) in [6.45, 7) is 11.1. The average Bonchev–Trinajstić information content (AvgIpc) is 3.47. The van der Waals surface area contributed by atoms with Crippen molar-refractivity contribution in [3.05, 3.63) is 235 Å². The molecule has 2 heteroatoms. The van der Waals surface area contributed by atoms with Gasteiger partial charge in [-0.15, -0.1) is 0 Å². The number of hydrogen-bond acceptors (Lipinski definition) is 2. The van der Waals surface area contributed by atoms with Crippen molar-refractivity contribution >= 4 is 50.5 Å². The van der Waals surface area contributed by atoms with Gasteiger partial charge in [0.2, 0.25) is 0 Å². The number of anilines is 6. The summed E-state index contributed by atoms with van der Waals surface area (Å²) in [5.74, 6) is 0. The van der Waals surface area contributed by atoms with Gasteiger partial charge >= 0.3 is 0 Å². The van der Waals surface area contributed by atoms with Crippen LogP contribution in [-0.2, 0) is 5.41 Å². The Hall–Kier alpha value is -6.90. The Labute approximate surface area is 331 Å². The van der Waals surface area contributed by atoms with Crippen LogP contribution in [0.15, 0.2) is 212 Å². The van der Waals surface area contributed by atoms with Gasteiger partial charge < -0.3 is 9.80 Å². The van der Waals surface area contributed by atoms with E-state index in [9.17, 15) is 0 Å². The fourth-order valence-electron chi connectivity index (χ4n) is 8.55. The van der Waals surface area contributed by atoms with E-state index in [4.69, 9.17) is 0 Å². The molecule has 0 fully saturated rings. The second kappa shape index (κ2) is 14.4. The van der Waals surface area contributed by atoms with E-state index in [2.05, 4.69) is 237 Å². The van der Waals surface area contributed by atoms with Gasteiger partial charge in [0, 0.05) is 39.2 Å². The molecule has 2 nitrogen and oxygen atoms in total.